The molecule has 0 saturated heterocycles. The third-order valence-electron chi connectivity index (χ3n) is 4.94. The second kappa shape index (κ2) is 5.54. The van der Waals surface area contributed by atoms with E-state index < -0.39 is 0 Å². The topological polar surface area (TPSA) is 29.5 Å². The van der Waals surface area contributed by atoms with E-state index >= 15 is 0 Å². The molecule has 2 nitrogen and oxygen atoms in total. The number of benzene rings is 3. The molecule has 117 valence electrons. The molecule has 0 fully saturated rings. The van der Waals surface area contributed by atoms with E-state index in [0.717, 1.165) is 11.1 Å². The Morgan fingerprint density at radius 3 is 2.38 bits per heavy atom. The van der Waals surface area contributed by atoms with E-state index in [2.05, 4.69) is 62.4 Å². The van der Waals surface area contributed by atoms with Crippen molar-refractivity contribution in [3.8, 4) is 28.0 Å². The monoisotopic (exact) mass is 313 g/mol. The lowest BCUT2D eigenvalue weighted by Gasteiger charge is -2.22. The Morgan fingerprint density at radius 2 is 1.54 bits per heavy atom. The van der Waals surface area contributed by atoms with Gasteiger partial charge in [0.25, 0.3) is 0 Å². The van der Waals surface area contributed by atoms with Gasteiger partial charge in [-0.05, 0) is 51.6 Å². The van der Waals surface area contributed by atoms with Gasteiger partial charge in [-0.1, -0.05) is 62.4 Å². The molecular formula is C21H18BO2. The molecule has 3 aromatic rings. The van der Waals surface area contributed by atoms with Crippen molar-refractivity contribution >= 4 is 7.69 Å². The lowest BCUT2D eigenvalue weighted by molar-refractivity contribution is 0.454. The van der Waals surface area contributed by atoms with Crippen LogP contribution in [0, 0.1) is 0 Å². The Hall–Kier alpha value is -2.52. The Labute approximate surface area is 143 Å². The smallest absolute Gasteiger partial charge is 0.537 e. The standard InChI is InChI=1S/C21H18BO2/c1-21(2)19-9-4-3-8-17(19)18-11-10-15(13-20(18)21)14-6-5-7-16(12-14)24-22-23/h3-13,23H,1-2H3. The van der Waals surface area contributed by atoms with Crippen LogP contribution in [0.2, 0.25) is 0 Å². The van der Waals surface area contributed by atoms with E-state index in [1.54, 1.807) is 0 Å². The van der Waals surface area contributed by atoms with E-state index in [9.17, 15) is 0 Å². The molecule has 0 aliphatic heterocycles. The highest BCUT2D eigenvalue weighted by molar-refractivity contribution is 6.17. The zero-order valence-corrected chi connectivity index (χ0v) is 13.8. The van der Waals surface area contributed by atoms with Gasteiger partial charge in [0.15, 0.2) is 0 Å². The Balaban J connectivity index is 1.83. The largest absolute Gasteiger partial charge is 0.569 e. The van der Waals surface area contributed by atoms with Gasteiger partial charge >= 0.3 is 7.69 Å². The fourth-order valence-electron chi connectivity index (χ4n) is 3.69. The first-order valence-electron chi connectivity index (χ1n) is 8.08. The maximum atomic E-state index is 8.83. The lowest BCUT2D eigenvalue weighted by Crippen LogP contribution is -2.14. The van der Waals surface area contributed by atoms with E-state index in [1.807, 2.05) is 18.2 Å². The van der Waals surface area contributed by atoms with Gasteiger partial charge in [0.1, 0.15) is 5.75 Å². The van der Waals surface area contributed by atoms with Crippen LogP contribution < -0.4 is 4.65 Å². The summed E-state index contributed by atoms with van der Waals surface area (Å²) in [5.74, 6) is 0.623. The molecule has 1 radical (unpaired) electrons. The van der Waals surface area contributed by atoms with Crippen molar-refractivity contribution in [2.45, 2.75) is 19.3 Å². The molecule has 1 aliphatic rings. The molecule has 3 heteroatoms. The minimum absolute atomic E-state index is 0.00504. The number of rotatable bonds is 3. The Kier molecular flexibility index (Phi) is 3.47. The summed E-state index contributed by atoms with van der Waals surface area (Å²) in [4.78, 5) is 0. The molecule has 0 amide bonds. The molecule has 0 heterocycles. The normalized spacial score (nSPS) is 14.0. The maximum Gasteiger partial charge on any atom is 0.569 e. The van der Waals surface area contributed by atoms with Crippen LogP contribution in [0.5, 0.6) is 5.75 Å². The van der Waals surface area contributed by atoms with Crippen molar-refractivity contribution in [1.29, 1.82) is 0 Å². The van der Waals surface area contributed by atoms with Crippen molar-refractivity contribution in [3.05, 3.63) is 77.9 Å². The van der Waals surface area contributed by atoms with Crippen molar-refractivity contribution in [1.82, 2.24) is 0 Å². The SMILES string of the molecule is CC1(C)c2ccccc2-c2ccc(-c3cccc(O[B]O)c3)cc21. The molecule has 0 unspecified atom stereocenters. The van der Waals surface area contributed by atoms with Crippen molar-refractivity contribution in [2.24, 2.45) is 0 Å². The third kappa shape index (κ3) is 2.24. The van der Waals surface area contributed by atoms with Crippen LogP contribution in [0.4, 0.5) is 0 Å². The van der Waals surface area contributed by atoms with Crippen LogP contribution in [0.1, 0.15) is 25.0 Å². The number of hydrogen-bond acceptors (Lipinski definition) is 2. The van der Waals surface area contributed by atoms with Gasteiger partial charge in [0.05, 0.1) is 0 Å². The van der Waals surface area contributed by atoms with Gasteiger partial charge in [0, 0.05) is 5.41 Å². The molecule has 0 atom stereocenters. The van der Waals surface area contributed by atoms with Crippen LogP contribution in [-0.2, 0) is 5.41 Å². The van der Waals surface area contributed by atoms with Gasteiger partial charge in [-0.3, -0.25) is 0 Å². The maximum absolute atomic E-state index is 8.83. The summed E-state index contributed by atoms with van der Waals surface area (Å²) in [6, 6.07) is 23.0. The Bertz CT molecular complexity index is 915. The molecule has 1 N–H and O–H groups in total. The van der Waals surface area contributed by atoms with Crippen LogP contribution in [0.3, 0.4) is 0 Å². The van der Waals surface area contributed by atoms with Gasteiger partial charge in [-0.2, -0.15) is 0 Å². The second-order valence-corrected chi connectivity index (χ2v) is 6.68. The van der Waals surface area contributed by atoms with Crippen LogP contribution >= 0.6 is 0 Å². The highest BCUT2D eigenvalue weighted by Crippen LogP contribution is 2.49. The zero-order chi connectivity index (χ0) is 16.7. The minimum Gasteiger partial charge on any atom is -0.537 e. The molecule has 3 aromatic carbocycles. The quantitative estimate of drug-likeness (QED) is 0.718. The molecule has 0 aromatic heterocycles. The van der Waals surface area contributed by atoms with Gasteiger partial charge in [-0.15, -0.1) is 0 Å². The molecule has 4 rings (SSSR count). The molecule has 24 heavy (non-hydrogen) atoms. The highest BCUT2D eigenvalue weighted by Gasteiger charge is 2.35. The fourth-order valence-corrected chi connectivity index (χ4v) is 3.69. The first-order valence-corrected chi connectivity index (χ1v) is 8.08. The highest BCUT2D eigenvalue weighted by atomic mass is 16.5. The Morgan fingerprint density at radius 1 is 0.792 bits per heavy atom. The fraction of sp³-hybridized carbons (Fsp3) is 0.143. The summed E-state index contributed by atoms with van der Waals surface area (Å²) >= 11 is 0. The minimum atomic E-state index is -0.00504. The molecule has 0 saturated carbocycles. The molecule has 0 spiro atoms. The van der Waals surface area contributed by atoms with Gasteiger partial charge in [0.2, 0.25) is 0 Å². The first-order chi connectivity index (χ1) is 11.6. The second-order valence-electron chi connectivity index (χ2n) is 6.68. The predicted molar refractivity (Wildman–Crippen MR) is 98.0 cm³/mol. The average Bonchev–Trinajstić information content (AvgIpc) is 2.84. The molecular weight excluding hydrogens is 295 g/mol. The van der Waals surface area contributed by atoms with Crippen molar-refractivity contribution in [2.75, 3.05) is 0 Å². The molecule has 1 aliphatic carbocycles. The summed E-state index contributed by atoms with van der Waals surface area (Å²) < 4.78 is 5.08. The van der Waals surface area contributed by atoms with Crippen molar-refractivity contribution < 1.29 is 9.68 Å². The lowest BCUT2D eigenvalue weighted by atomic mass is 9.81. The summed E-state index contributed by atoms with van der Waals surface area (Å²) in [6.45, 7) is 4.56. The van der Waals surface area contributed by atoms with E-state index in [0.29, 0.717) is 13.4 Å². The summed E-state index contributed by atoms with van der Waals surface area (Å²) in [5, 5.41) is 8.83. The first kappa shape index (κ1) is 15.0. The van der Waals surface area contributed by atoms with Crippen LogP contribution in [0.25, 0.3) is 22.3 Å². The summed E-state index contributed by atoms with van der Waals surface area (Å²) in [7, 11) is 0.710. The summed E-state index contributed by atoms with van der Waals surface area (Å²) in [5.41, 5.74) is 7.59. The third-order valence-corrected chi connectivity index (χ3v) is 4.94. The van der Waals surface area contributed by atoms with E-state index in [4.69, 9.17) is 9.68 Å². The van der Waals surface area contributed by atoms with E-state index in [1.165, 1.54) is 22.3 Å². The molecule has 0 bridgehead atoms. The van der Waals surface area contributed by atoms with E-state index in [-0.39, 0.29) is 5.41 Å². The zero-order valence-electron chi connectivity index (χ0n) is 13.8. The van der Waals surface area contributed by atoms with Gasteiger partial charge in [-0.25, -0.2) is 0 Å². The predicted octanol–water partition coefficient (Wildman–Crippen LogP) is 4.57. The average molecular weight is 313 g/mol. The van der Waals surface area contributed by atoms with Crippen molar-refractivity contribution in [3.63, 3.8) is 0 Å². The van der Waals surface area contributed by atoms with Gasteiger partial charge < -0.3 is 9.68 Å². The van der Waals surface area contributed by atoms with Crippen LogP contribution in [0.15, 0.2) is 66.7 Å². The number of fused-ring (bicyclic) bond motifs is 3. The summed E-state index contributed by atoms with van der Waals surface area (Å²) in [6.07, 6.45) is 0. The van der Waals surface area contributed by atoms with Crippen LogP contribution in [-0.4, -0.2) is 12.7 Å². The number of hydrogen-bond donors (Lipinski definition) is 1.